The Morgan fingerprint density at radius 2 is 1.85 bits per heavy atom. The first kappa shape index (κ1) is 18.7. The summed E-state index contributed by atoms with van der Waals surface area (Å²) in [7, 11) is 4.18. The second kappa shape index (κ2) is 6.47. The molecule has 0 radical (unpaired) electrons. The van der Waals surface area contributed by atoms with Gasteiger partial charge in [0.25, 0.3) is 0 Å². The first-order valence-electron chi connectivity index (χ1n) is 10.3. The summed E-state index contributed by atoms with van der Waals surface area (Å²) in [4.78, 5) is 17.0. The van der Waals surface area contributed by atoms with Crippen molar-refractivity contribution in [2.24, 2.45) is 5.41 Å². The number of carbonyl (C=O) groups is 1. The van der Waals surface area contributed by atoms with Gasteiger partial charge in [0, 0.05) is 18.6 Å². The van der Waals surface area contributed by atoms with Crippen molar-refractivity contribution in [1.82, 2.24) is 15.1 Å². The number of benzene rings is 1. The van der Waals surface area contributed by atoms with E-state index < -0.39 is 0 Å². The number of nitrogens with zero attached hydrogens (tertiary/aromatic N) is 2. The molecule has 2 amide bonds. The molecule has 4 nitrogen and oxygen atoms in total. The maximum absolute atomic E-state index is 13.9. The van der Waals surface area contributed by atoms with E-state index in [9.17, 15) is 9.18 Å². The molecule has 3 fully saturated rings. The standard InChI is InChI=1S/C22H32FN3O/c1-20(8-5-9-20)16-26-19(27)24-15-21(26)10-12-22(13-11-21,25(2)3)17-6-4-7-18(23)14-17/h4,6-7,14H,5,8-13,15-16H2,1-3H3,(H,24,27)/t21-,22+. The highest BCUT2D eigenvalue weighted by Gasteiger charge is 2.53. The van der Waals surface area contributed by atoms with Gasteiger partial charge in [0.15, 0.2) is 0 Å². The van der Waals surface area contributed by atoms with Gasteiger partial charge in [-0.1, -0.05) is 25.5 Å². The minimum atomic E-state index is -0.175. The van der Waals surface area contributed by atoms with Crippen molar-refractivity contribution in [3.8, 4) is 0 Å². The fourth-order valence-electron chi connectivity index (χ4n) is 5.55. The molecule has 0 bridgehead atoms. The molecule has 0 atom stereocenters. The van der Waals surface area contributed by atoms with Crippen LogP contribution < -0.4 is 5.32 Å². The number of hydrogen-bond donors (Lipinski definition) is 1. The van der Waals surface area contributed by atoms with Crippen molar-refractivity contribution >= 4 is 6.03 Å². The minimum absolute atomic E-state index is 0.0808. The van der Waals surface area contributed by atoms with Crippen LogP contribution in [0.25, 0.3) is 0 Å². The number of amides is 2. The molecule has 0 aromatic heterocycles. The lowest BCUT2D eigenvalue weighted by Crippen LogP contribution is -2.57. The van der Waals surface area contributed by atoms with E-state index >= 15 is 0 Å². The first-order valence-corrected chi connectivity index (χ1v) is 10.3. The number of urea groups is 1. The number of nitrogens with one attached hydrogen (secondary N) is 1. The van der Waals surface area contributed by atoms with Gasteiger partial charge in [0.05, 0.1) is 5.54 Å². The predicted octanol–water partition coefficient (Wildman–Crippen LogP) is 4.11. The van der Waals surface area contributed by atoms with Crippen LogP contribution >= 0.6 is 0 Å². The van der Waals surface area contributed by atoms with Gasteiger partial charge in [-0.15, -0.1) is 0 Å². The third kappa shape index (κ3) is 3.04. The Bertz CT molecular complexity index is 720. The second-order valence-electron chi connectivity index (χ2n) is 9.57. The molecule has 1 saturated heterocycles. The van der Waals surface area contributed by atoms with Crippen LogP contribution in [0.4, 0.5) is 9.18 Å². The van der Waals surface area contributed by atoms with E-state index in [4.69, 9.17) is 0 Å². The molecule has 148 valence electrons. The Kier molecular flexibility index (Phi) is 4.49. The molecule has 1 N–H and O–H groups in total. The summed E-state index contributed by atoms with van der Waals surface area (Å²) in [6, 6.07) is 7.16. The fraction of sp³-hybridized carbons (Fsp3) is 0.682. The maximum Gasteiger partial charge on any atom is 0.318 e. The quantitative estimate of drug-likeness (QED) is 0.862. The van der Waals surface area contributed by atoms with Crippen LogP contribution in [0.1, 0.15) is 57.4 Å². The zero-order chi connectivity index (χ0) is 19.3. The third-order valence-corrected chi connectivity index (χ3v) is 7.71. The van der Waals surface area contributed by atoms with Crippen LogP contribution in [0.3, 0.4) is 0 Å². The van der Waals surface area contributed by atoms with Crippen LogP contribution in [-0.4, -0.2) is 48.6 Å². The third-order valence-electron chi connectivity index (χ3n) is 7.71. The monoisotopic (exact) mass is 373 g/mol. The van der Waals surface area contributed by atoms with E-state index in [0.717, 1.165) is 44.3 Å². The smallest absolute Gasteiger partial charge is 0.318 e. The molecule has 2 saturated carbocycles. The van der Waals surface area contributed by atoms with E-state index in [-0.39, 0.29) is 28.3 Å². The summed E-state index contributed by atoms with van der Waals surface area (Å²) in [6.45, 7) is 3.93. The summed E-state index contributed by atoms with van der Waals surface area (Å²) in [5.41, 5.74) is 1.10. The second-order valence-corrected chi connectivity index (χ2v) is 9.57. The largest absolute Gasteiger partial charge is 0.336 e. The highest BCUT2D eigenvalue weighted by Crippen LogP contribution is 2.50. The Morgan fingerprint density at radius 3 is 2.41 bits per heavy atom. The van der Waals surface area contributed by atoms with Crippen molar-refractivity contribution in [3.05, 3.63) is 35.6 Å². The van der Waals surface area contributed by atoms with Crippen molar-refractivity contribution in [2.45, 2.75) is 62.9 Å². The Morgan fingerprint density at radius 1 is 1.15 bits per heavy atom. The van der Waals surface area contributed by atoms with Gasteiger partial charge in [-0.05, 0) is 75.7 Å². The fourth-order valence-corrected chi connectivity index (χ4v) is 5.55. The van der Waals surface area contributed by atoms with Crippen molar-refractivity contribution in [1.29, 1.82) is 0 Å². The van der Waals surface area contributed by atoms with Gasteiger partial charge in [-0.25, -0.2) is 9.18 Å². The first-order chi connectivity index (χ1) is 12.8. The van der Waals surface area contributed by atoms with Gasteiger partial charge in [0.2, 0.25) is 0 Å². The number of hydrogen-bond acceptors (Lipinski definition) is 2. The molecular weight excluding hydrogens is 341 g/mol. The Balaban J connectivity index is 1.58. The molecule has 2 aliphatic carbocycles. The summed E-state index contributed by atoms with van der Waals surface area (Å²) < 4.78 is 13.9. The normalized spacial score (nSPS) is 32.6. The Labute approximate surface area is 162 Å². The van der Waals surface area contributed by atoms with Crippen LogP contribution in [-0.2, 0) is 5.54 Å². The van der Waals surface area contributed by atoms with E-state index in [1.807, 2.05) is 12.1 Å². The summed E-state index contributed by atoms with van der Waals surface area (Å²) in [6.07, 6.45) is 7.50. The summed E-state index contributed by atoms with van der Waals surface area (Å²) >= 11 is 0. The molecule has 3 aliphatic rings. The average molecular weight is 374 g/mol. The molecule has 27 heavy (non-hydrogen) atoms. The van der Waals surface area contributed by atoms with Crippen LogP contribution in [0.5, 0.6) is 0 Å². The lowest BCUT2D eigenvalue weighted by atomic mass is 9.66. The number of carbonyl (C=O) groups excluding carboxylic acids is 1. The van der Waals surface area contributed by atoms with E-state index in [1.54, 1.807) is 6.07 Å². The van der Waals surface area contributed by atoms with Crippen molar-refractivity contribution < 1.29 is 9.18 Å². The van der Waals surface area contributed by atoms with Crippen LogP contribution in [0.2, 0.25) is 0 Å². The highest BCUT2D eigenvalue weighted by atomic mass is 19.1. The molecule has 5 heteroatoms. The molecule has 1 heterocycles. The number of rotatable bonds is 4. The minimum Gasteiger partial charge on any atom is -0.336 e. The van der Waals surface area contributed by atoms with Crippen LogP contribution in [0.15, 0.2) is 24.3 Å². The lowest BCUT2D eigenvalue weighted by molar-refractivity contribution is 0.000216. The van der Waals surface area contributed by atoms with E-state index in [1.165, 1.54) is 25.3 Å². The van der Waals surface area contributed by atoms with E-state index in [2.05, 4.69) is 36.1 Å². The van der Waals surface area contributed by atoms with Gasteiger partial charge in [0.1, 0.15) is 5.82 Å². The highest BCUT2D eigenvalue weighted by molar-refractivity contribution is 5.78. The number of halogens is 1. The maximum atomic E-state index is 13.9. The van der Waals surface area contributed by atoms with Gasteiger partial charge in [-0.2, -0.15) is 0 Å². The molecule has 1 aromatic carbocycles. The molecule has 0 unspecified atom stereocenters. The zero-order valence-electron chi connectivity index (χ0n) is 16.9. The Hall–Kier alpha value is -1.62. The SMILES string of the molecule is CN(C)[C@]1(c2cccc(F)c2)CC[C@]2(CC1)CNC(=O)N2CC1(C)CCC1. The van der Waals surface area contributed by atoms with Gasteiger partial charge < -0.3 is 10.2 Å². The molecule has 1 aromatic rings. The average Bonchev–Trinajstić information content (AvgIpc) is 2.91. The lowest BCUT2D eigenvalue weighted by Gasteiger charge is -2.53. The van der Waals surface area contributed by atoms with Gasteiger partial charge >= 0.3 is 6.03 Å². The summed E-state index contributed by atoms with van der Waals surface area (Å²) in [5, 5.41) is 3.12. The zero-order valence-corrected chi connectivity index (χ0v) is 16.9. The van der Waals surface area contributed by atoms with E-state index in [0.29, 0.717) is 0 Å². The molecular formula is C22H32FN3O. The topological polar surface area (TPSA) is 35.6 Å². The molecule has 1 aliphatic heterocycles. The molecule has 4 rings (SSSR count). The van der Waals surface area contributed by atoms with Crippen molar-refractivity contribution in [2.75, 3.05) is 27.2 Å². The predicted molar refractivity (Wildman–Crippen MR) is 105 cm³/mol. The van der Waals surface area contributed by atoms with Crippen molar-refractivity contribution in [3.63, 3.8) is 0 Å². The van der Waals surface area contributed by atoms with Gasteiger partial charge in [-0.3, -0.25) is 4.90 Å². The molecule has 1 spiro atoms. The van der Waals surface area contributed by atoms with Crippen LogP contribution in [0, 0.1) is 11.2 Å². The summed E-state index contributed by atoms with van der Waals surface area (Å²) in [5.74, 6) is -0.175.